The number of aryl methyl sites for hydroxylation is 3. The molecule has 0 aliphatic heterocycles. The summed E-state index contributed by atoms with van der Waals surface area (Å²) in [6, 6.07) is 12.1. The van der Waals surface area contributed by atoms with Crippen molar-refractivity contribution < 1.29 is 0 Å². The van der Waals surface area contributed by atoms with Gasteiger partial charge in [-0.1, -0.05) is 32.9 Å². The van der Waals surface area contributed by atoms with Gasteiger partial charge in [-0.25, -0.2) is 0 Å². The Balaban J connectivity index is 0.000000180. The van der Waals surface area contributed by atoms with Gasteiger partial charge in [0.2, 0.25) is 0 Å². The molecule has 0 atom stereocenters. The van der Waals surface area contributed by atoms with Gasteiger partial charge in [0.15, 0.2) is 0 Å². The van der Waals surface area contributed by atoms with Gasteiger partial charge in [0.1, 0.15) is 0 Å². The summed E-state index contributed by atoms with van der Waals surface area (Å²) < 4.78 is 0. The van der Waals surface area contributed by atoms with Crippen LogP contribution in [0.1, 0.15) is 37.5 Å². The third kappa shape index (κ3) is 8.79. The molecule has 24 heavy (non-hydrogen) atoms. The number of rotatable bonds is 3. The molecule has 3 heteroatoms. The van der Waals surface area contributed by atoms with Gasteiger partial charge in [0, 0.05) is 37.2 Å². The number of aromatic nitrogens is 3. The normalized spacial score (nSPS) is 9.12. The van der Waals surface area contributed by atoms with Crippen molar-refractivity contribution in [1.29, 1.82) is 0 Å². The van der Waals surface area contributed by atoms with E-state index in [4.69, 9.17) is 0 Å². The Labute approximate surface area is 145 Å². The van der Waals surface area contributed by atoms with E-state index in [9.17, 15) is 0 Å². The average molecular weight is 321 g/mol. The lowest BCUT2D eigenvalue weighted by Gasteiger charge is -1.89. The van der Waals surface area contributed by atoms with E-state index < -0.39 is 0 Å². The number of pyridine rings is 3. The van der Waals surface area contributed by atoms with Gasteiger partial charge < -0.3 is 0 Å². The molecule has 0 N–H and O–H groups in total. The van der Waals surface area contributed by atoms with Crippen LogP contribution in [0.15, 0.2) is 73.6 Å². The van der Waals surface area contributed by atoms with Crippen molar-refractivity contribution in [3.8, 4) is 0 Å². The molecule has 3 aromatic rings. The third-order valence-corrected chi connectivity index (χ3v) is 3.42. The van der Waals surface area contributed by atoms with E-state index >= 15 is 0 Å². The van der Waals surface area contributed by atoms with Gasteiger partial charge in [-0.2, -0.15) is 0 Å². The highest BCUT2D eigenvalue weighted by molar-refractivity contribution is 5.09. The summed E-state index contributed by atoms with van der Waals surface area (Å²) in [5.41, 5.74) is 3.94. The fraction of sp³-hybridized carbons (Fsp3) is 0.286. The lowest BCUT2D eigenvalue weighted by atomic mass is 10.2. The van der Waals surface area contributed by atoms with Crippen LogP contribution >= 0.6 is 0 Å². The van der Waals surface area contributed by atoms with Crippen LogP contribution in [0.4, 0.5) is 0 Å². The van der Waals surface area contributed by atoms with E-state index in [0.29, 0.717) is 0 Å². The Bertz CT molecular complexity index is 531. The maximum Gasteiger partial charge on any atom is 0.0299 e. The molecule has 0 amide bonds. The first kappa shape index (κ1) is 19.5. The van der Waals surface area contributed by atoms with Crippen LogP contribution in [0.3, 0.4) is 0 Å². The molecule has 3 aromatic heterocycles. The number of nitrogens with zero attached hydrogens (tertiary/aromatic N) is 3. The van der Waals surface area contributed by atoms with Crippen LogP contribution in [0.2, 0.25) is 0 Å². The van der Waals surface area contributed by atoms with Crippen molar-refractivity contribution >= 4 is 0 Å². The fourth-order valence-electron chi connectivity index (χ4n) is 1.83. The first-order valence-electron chi connectivity index (χ1n) is 8.46. The Morgan fingerprint density at radius 2 is 1.00 bits per heavy atom. The zero-order valence-electron chi connectivity index (χ0n) is 14.9. The van der Waals surface area contributed by atoms with Gasteiger partial charge >= 0.3 is 0 Å². The molecule has 0 fully saturated rings. The summed E-state index contributed by atoms with van der Waals surface area (Å²) in [6.45, 7) is 6.38. The van der Waals surface area contributed by atoms with Crippen LogP contribution in [0.25, 0.3) is 0 Å². The topological polar surface area (TPSA) is 38.7 Å². The molecule has 0 radical (unpaired) electrons. The van der Waals surface area contributed by atoms with Crippen LogP contribution in [-0.4, -0.2) is 15.0 Å². The molecule has 3 rings (SSSR count). The van der Waals surface area contributed by atoms with Crippen LogP contribution in [0.5, 0.6) is 0 Å². The first-order chi connectivity index (χ1) is 11.8. The highest BCUT2D eigenvalue weighted by Gasteiger charge is 1.82. The Morgan fingerprint density at radius 3 is 1.25 bits per heavy atom. The summed E-state index contributed by atoms with van der Waals surface area (Å²) in [4.78, 5) is 11.8. The van der Waals surface area contributed by atoms with Crippen molar-refractivity contribution in [1.82, 2.24) is 15.0 Å². The molecule has 0 saturated carbocycles. The summed E-state index contributed by atoms with van der Waals surface area (Å²) in [7, 11) is 0. The van der Waals surface area contributed by atoms with Crippen molar-refractivity contribution in [2.24, 2.45) is 0 Å². The molecule has 0 unspecified atom stereocenters. The second kappa shape index (κ2) is 12.9. The molecular formula is C21H27N3. The van der Waals surface area contributed by atoms with Gasteiger partial charge in [-0.15, -0.1) is 0 Å². The molecule has 0 aliphatic rings. The van der Waals surface area contributed by atoms with Gasteiger partial charge in [-0.3, -0.25) is 15.0 Å². The first-order valence-corrected chi connectivity index (χ1v) is 8.46. The number of hydrogen-bond donors (Lipinski definition) is 0. The van der Waals surface area contributed by atoms with Crippen molar-refractivity contribution in [2.75, 3.05) is 0 Å². The molecule has 3 heterocycles. The van der Waals surface area contributed by atoms with Crippen molar-refractivity contribution in [3.63, 3.8) is 0 Å². The minimum atomic E-state index is 1.08. The fourth-order valence-corrected chi connectivity index (χ4v) is 1.83. The van der Waals surface area contributed by atoms with Crippen molar-refractivity contribution in [3.05, 3.63) is 90.3 Å². The summed E-state index contributed by atoms with van der Waals surface area (Å²) >= 11 is 0. The zero-order valence-corrected chi connectivity index (χ0v) is 14.9. The van der Waals surface area contributed by atoms with Crippen LogP contribution in [0, 0.1) is 0 Å². The van der Waals surface area contributed by atoms with Gasteiger partial charge in [-0.05, 0) is 60.2 Å². The Morgan fingerprint density at radius 1 is 0.542 bits per heavy atom. The molecule has 0 aromatic carbocycles. The molecule has 0 bridgehead atoms. The quantitative estimate of drug-likeness (QED) is 0.686. The molecular weight excluding hydrogens is 294 g/mol. The standard InChI is InChI=1S/3C7H9N/c1-2-7-3-5-8-6-4-7;2*1-2-7-4-3-5-8-6-7/h3*3-6H,2H2,1H3. The Hall–Kier alpha value is -2.55. The van der Waals surface area contributed by atoms with E-state index in [2.05, 4.69) is 47.9 Å². The second-order valence-electron chi connectivity index (χ2n) is 5.14. The lowest BCUT2D eigenvalue weighted by molar-refractivity contribution is 1.10. The third-order valence-electron chi connectivity index (χ3n) is 3.42. The van der Waals surface area contributed by atoms with E-state index in [1.807, 2.05) is 49.1 Å². The zero-order chi connectivity index (χ0) is 17.5. The number of hydrogen-bond acceptors (Lipinski definition) is 3. The lowest BCUT2D eigenvalue weighted by Crippen LogP contribution is -1.77. The Kier molecular flexibility index (Phi) is 10.5. The monoisotopic (exact) mass is 321 g/mol. The maximum atomic E-state index is 3.96. The predicted octanol–water partition coefficient (Wildman–Crippen LogP) is 4.93. The molecule has 126 valence electrons. The molecule has 0 spiro atoms. The SMILES string of the molecule is CCc1cccnc1.CCc1cccnc1.CCc1ccncc1. The van der Waals surface area contributed by atoms with E-state index in [1.165, 1.54) is 16.7 Å². The van der Waals surface area contributed by atoms with E-state index in [1.54, 1.807) is 12.4 Å². The summed E-state index contributed by atoms with van der Waals surface area (Å²) in [6.07, 6.45) is 14.3. The minimum absolute atomic E-state index is 1.08. The largest absolute Gasteiger partial charge is 0.265 e. The van der Waals surface area contributed by atoms with Crippen LogP contribution < -0.4 is 0 Å². The molecule has 0 saturated heterocycles. The minimum Gasteiger partial charge on any atom is -0.265 e. The molecule has 3 nitrogen and oxygen atoms in total. The van der Waals surface area contributed by atoms with E-state index in [0.717, 1.165) is 19.3 Å². The van der Waals surface area contributed by atoms with E-state index in [-0.39, 0.29) is 0 Å². The molecule has 0 aliphatic carbocycles. The summed E-state index contributed by atoms with van der Waals surface area (Å²) in [5, 5.41) is 0. The van der Waals surface area contributed by atoms with Gasteiger partial charge in [0.05, 0.1) is 0 Å². The second-order valence-corrected chi connectivity index (χ2v) is 5.14. The smallest absolute Gasteiger partial charge is 0.0299 e. The highest BCUT2D eigenvalue weighted by Crippen LogP contribution is 1.95. The van der Waals surface area contributed by atoms with Gasteiger partial charge in [0.25, 0.3) is 0 Å². The average Bonchev–Trinajstić information content (AvgIpc) is 2.71. The summed E-state index contributed by atoms with van der Waals surface area (Å²) in [5.74, 6) is 0. The highest BCUT2D eigenvalue weighted by atomic mass is 14.6. The predicted molar refractivity (Wildman–Crippen MR) is 101 cm³/mol. The van der Waals surface area contributed by atoms with Crippen LogP contribution in [-0.2, 0) is 19.3 Å². The van der Waals surface area contributed by atoms with Crippen molar-refractivity contribution in [2.45, 2.75) is 40.0 Å². The maximum absolute atomic E-state index is 3.96.